The van der Waals surface area contributed by atoms with Crippen LogP contribution in [0.4, 0.5) is 0 Å². The monoisotopic (exact) mass is 335 g/mol. The van der Waals surface area contributed by atoms with E-state index in [1.807, 2.05) is 0 Å². The van der Waals surface area contributed by atoms with Gasteiger partial charge >= 0.3 is 0 Å². The lowest BCUT2D eigenvalue weighted by molar-refractivity contribution is 0.0449. The van der Waals surface area contributed by atoms with Gasteiger partial charge in [0.05, 0.1) is 6.04 Å². The van der Waals surface area contributed by atoms with E-state index in [1.54, 1.807) is 0 Å². The van der Waals surface area contributed by atoms with Crippen LogP contribution >= 0.6 is 0 Å². The standard InChI is InChI=1S/C17H33N7/c1-2-14(13-10-7-11-21-13)24-16(19)22-15(18)23-17(24,20)12-8-5-3-4-6-9-12/h12-14,21H,2-11,20H2,1H3,(H4,18,19,22,23). The van der Waals surface area contributed by atoms with Gasteiger partial charge in [0.1, 0.15) is 0 Å². The maximum Gasteiger partial charge on any atom is 0.222 e. The molecule has 1 saturated heterocycles. The fourth-order valence-corrected chi connectivity index (χ4v) is 4.73. The molecule has 0 aromatic heterocycles. The Morgan fingerprint density at radius 3 is 2.46 bits per heavy atom. The first-order valence-electron chi connectivity index (χ1n) is 9.57. The molecule has 1 saturated carbocycles. The number of rotatable bonds is 4. The van der Waals surface area contributed by atoms with Gasteiger partial charge in [-0.1, -0.05) is 32.6 Å². The van der Waals surface area contributed by atoms with Crippen molar-refractivity contribution in [1.82, 2.24) is 10.2 Å². The highest BCUT2D eigenvalue weighted by Crippen LogP contribution is 2.37. The summed E-state index contributed by atoms with van der Waals surface area (Å²) in [7, 11) is 0. The Bertz CT molecular complexity index is 489. The zero-order chi connectivity index (χ0) is 17.2. The minimum Gasteiger partial charge on any atom is -0.369 e. The fourth-order valence-electron chi connectivity index (χ4n) is 4.73. The zero-order valence-electron chi connectivity index (χ0n) is 14.9. The first-order chi connectivity index (χ1) is 11.6. The van der Waals surface area contributed by atoms with Crippen LogP contribution in [0.5, 0.6) is 0 Å². The van der Waals surface area contributed by atoms with E-state index in [1.165, 1.54) is 32.1 Å². The first-order valence-corrected chi connectivity index (χ1v) is 9.57. The van der Waals surface area contributed by atoms with Crippen LogP contribution in [-0.2, 0) is 0 Å². The highest BCUT2D eigenvalue weighted by Gasteiger charge is 2.48. The van der Waals surface area contributed by atoms with Gasteiger partial charge in [-0.2, -0.15) is 4.99 Å². The molecular weight excluding hydrogens is 302 g/mol. The number of hydrogen-bond acceptors (Lipinski definition) is 7. The summed E-state index contributed by atoms with van der Waals surface area (Å²) < 4.78 is 0. The number of nitrogens with one attached hydrogen (secondary N) is 1. The Labute approximate surface area is 145 Å². The van der Waals surface area contributed by atoms with E-state index in [9.17, 15) is 0 Å². The lowest BCUT2D eigenvalue weighted by Crippen LogP contribution is -2.70. The third kappa shape index (κ3) is 3.24. The Balaban J connectivity index is 1.94. The Hall–Kier alpha value is -1.34. The number of nitrogens with zero attached hydrogens (tertiary/aromatic N) is 3. The van der Waals surface area contributed by atoms with Crippen molar-refractivity contribution in [3.8, 4) is 0 Å². The summed E-state index contributed by atoms with van der Waals surface area (Å²) in [6, 6.07) is 0.577. The molecular formula is C17H33N7. The zero-order valence-corrected chi connectivity index (χ0v) is 14.9. The van der Waals surface area contributed by atoms with E-state index in [2.05, 4.69) is 27.1 Å². The van der Waals surface area contributed by atoms with E-state index in [-0.39, 0.29) is 17.9 Å². The number of aliphatic imine (C=N–C) groups is 2. The predicted molar refractivity (Wildman–Crippen MR) is 98.3 cm³/mol. The molecule has 0 amide bonds. The molecule has 7 nitrogen and oxygen atoms in total. The minimum atomic E-state index is -0.870. The van der Waals surface area contributed by atoms with E-state index in [4.69, 9.17) is 17.2 Å². The topological polar surface area (TPSA) is 118 Å². The molecule has 7 heteroatoms. The van der Waals surface area contributed by atoms with Crippen LogP contribution in [0.25, 0.3) is 0 Å². The van der Waals surface area contributed by atoms with Crippen LogP contribution in [0.1, 0.15) is 64.7 Å². The second kappa shape index (κ2) is 7.27. The summed E-state index contributed by atoms with van der Waals surface area (Å²) in [5, 5.41) is 3.60. The number of guanidine groups is 2. The summed E-state index contributed by atoms with van der Waals surface area (Å²) in [4.78, 5) is 11.0. The molecule has 3 unspecified atom stereocenters. The molecule has 2 heterocycles. The Kier molecular flexibility index (Phi) is 5.30. The highest BCUT2D eigenvalue weighted by atomic mass is 15.5. The van der Waals surface area contributed by atoms with E-state index >= 15 is 0 Å². The van der Waals surface area contributed by atoms with Crippen LogP contribution in [0.15, 0.2) is 9.98 Å². The van der Waals surface area contributed by atoms with Gasteiger partial charge in [0.15, 0.2) is 5.79 Å². The van der Waals surface area contributed by atoms with Gasteiger partial charge in [0, 0.05) is 12.0 Å². The summed E-state index contributed by atoms with van der Waals surface area (Å²) in [5.41, 5.74) is 19.2. The van der Waals surface area contributed by atoms with Crippen molar-refractivity contribution in [1.29, 1.82) is 0 Å². The van der Waals surface area contributed by atoms with Gasteiger partial charge in [-0.15, -0.1) is 0 Å². The van der Waals surface area contributed by atoms with Crippen LogP contribution in [0, 0.1) is 5.92 Å². The van der Waals surface area contributed by atoms with Crippen molar-refractivity contribution >= 4 is 11.9 Å². The van der Waals surface area contributed by atoms with Crippen molar-refractivity contribution in [2.24, 2.45) is 33.1 Å². The normalized spacial score (nSPS) is 33.8. The third-order valence-corrected chi connectivity index (χ3v) is 5.92. The maximum absolute atomic E-state index is 6.94. The summed E-state index contributed by atoms with van der Waals surface area (Å²) >= 11 is 0. The average molecular weight is 336 g/mol. The van der Waals surface area contributed by atoms with Gasteiger partial charge < -0.3 is 21.7 Å². The Morgan fingerprint density at radius 2 is 1.88 bits per heavy atom. The molecule has 0 spiro atoms. The molecule has 0 radical (unpaired) electrons. The van der Waals surface area contributed by atoms with Crippen LogP contribution in [-0.4, -0.2) is 41.2 Å². The summed E-state index contributed by atoms with van der Waals surface area (Å²) in [6.07, 6.45) is 10.4. The number of hydrogen-bond donors (Lipinski definition) is 4. The molecule has 136 valence electrons. The number of nitrogens with two attached hydrogens (primary N) is 3. The van der Waals surface area contributed by atoms with Gasteiger partial charge in [-0.3, -0.25) is 5.73 Å². The van der Waals surface area contributed by atoms with Crippen molar-refractivity contribution < 1.29 is 0 Å². The fraction of sp³-hybridized carbons (Fsp3) is 0.882. The lowest BCUT2D eigenvalue weighted by Gasteiger charge is -2.50. The molecule has 0 aromatic carbocycles. The second-order valence-corrected chi connectivity index (χ2v) is 7.46. The molecule has 3 aliphatic rings. The quantitative estimate of drug-likeness (QED) is 0.573. The smallest absolute Gasteiger partial charge is 0.222 e. The third-order valence-electron chi connectivity index (χ3n) is 5.92. The van der Waals surface area contributed by atoms with E-state index < -0.39 is 5.79 Å². The largest absolute Gasteiger partial charge is 0.369 e. The van der Waals surface area contributed by atoms with Crippen LogP contribution in [0.3, 0.4) is 0 Å². The van der Waals surface area contributed by atoms with Crippen molar-refractivity contribution in [2.45, 2.75) is 82.6 Å². The Morgan fingerprint density at radius 1 is 1.17 bits per heavy atom. The summed E-state index contributed by atoms with van der Waals surface area (Å²) in [5.74, 6) is 0.0353. The molecule has 0 aromatic rings. The molecule has 3 rings (SSSR count). The molecule has 2 fully saturated rings. The van der Waals surface area contributed by atoms with Gasteiger partial charge in [-0.05, 0) is 38.6 Å². The van der Waals surface area contributed by atoms with Gasteiger partial charge in [0.2, 0.25) is 11.9 Å². The molecule has 24 heavy (non-hydrogen) atoms. The van der Waals surface area contributed by atoms with E-state index in [0.717, 1.165) is 32.2 Å². The SMILES string of the molecule is CCC(C1CCCN1)N1C(N)=NC(N)=NC1(N)C1CCCCCC1. The highest BCUT2D eigenvalue weighted by molar-refractivity contribution is 5.96. The average Bonchev–Trinajstić information content (AvgIpc) is 2.91. The maximum atomic E-state index is 6.94. The van der Waals surface area contributed by atoms with Gasteiger partial charge in [0.25, 0.3) is 0 Å². The predicted octanol–water partition coefficient (Wildman–Crippen LogP) is 1.04. The van der Waals surface area contributed by atoms with E-state index in [0.29, 0.717) is 12.0 Å². The lowest BCUT2D eigenvalue weighted by atomic mass is 9.88. The van der Waals surface area contributed by atoms with Crippen molar-refractivity contribution in [2.75, 3.05) is 6.54 Å². The molecule has 1 aliphatic carbocycles. The molecule has 3 atom stereocenters. The molecule has 2 aliphatic heterocycles. The van der Waals surface area contributed by atoms with Crippen molar-refractivity contribution in [3.63, 3.8) is 0 Å². The van der Waals surface area contributed by atoms with Crippen LogP contribution in [0.2, 0.25) is 0 Å². The van der Waals surface area contributed by atoms with Gasteiger partial charge in [-0.25, -0.2) is 4.99 Å². The second-order valence-electron chi connectivity index (χ2n) is 7.46. The van der Waals surface area contributed by atoms with Crippen molar-refractivity contribution in [3.05, 3.63) is 0 Å². The van der Waals surface area contributed by atoms with Crippen LogP contribution < -0.4 is 22.5 Å². The minimum absolute atomic E-state index is 0.196. The molecule has 7 N–H and O–H groups in total. The molecule has 0 bridgehead atoms. The first kappa shape index (κ1) is 17.5. The summed E-state index contributed by atoms with van der Waals surface area (Å²) in [6.45, 7) is 3.24.